The zero-order valence-corrected chi connectivity index (χ0v) is 52.9. The highest BCUT2D eigenvalue weighted by molar-refractivity contribution is 6.13. The molecule has 0 aliphatic carbocycles. The molecule has 0 amide bonds. The van der Waals surface area contributed by atoms with E-state index in [0.29, 0.717) is 11.0 Å². The molecule has 0 atom stereocenters. The second-order valence-corrected chi connectivity index (χ2v) is 28.6. The molecule has 9 aromatic carbocycles. The van der Waals surface area contributed by atoms with E-state index in [1.165, 1.54) is 28.3 Å². The Morgan fingerprint density at radius 1 is 0.287 bits per heavy atom. The van der Waals surface area contributed by atoms with Crippen molar-refractivity contribution in [1.29, 1.82) is 0 Å². The third-order valence-corrected chi connectivity index (χ3v) is 17.7. The molecule has 0 unspecified atom stereocenters. The quantitative estimate of drug-likeness (QED) is 0.167. The topological polar surface area (TPSA) is 53.5 Å². The highest BCUT2D eigenvalue weighted by atomic mass is 19.4. The third-order valence-electron chi connectivity index (χ3n) is 17.7. The molecule has 13 rings (SSSR count). The molecule has 4 aromatic heterocycles. The van der Waals surface area contributed by atoms with Gasteiger partial charge in [0.1, 0.15) is 0 Å². The summed E-state index contributed by atoms with van der Waals surface area (Å²) in [4.78, 5) is 16.1. The van der Waals surface area contributed by atoms with Crippen LogP contribution in [0.25, 0.3) is 117 Å². The van der Waals surface area contributed by atoms with Gasteiger partial charge in [-0.1, -0.05) is 178 Å². The first-order chi connectivity index (χ1) is 40.9. The van der Waals surface area contributed by atoms with Crippen LogP contribution in [0.3, 0.4) is 0 Å². The molecule has 0 fully saturated rings. The first-order valence-electron chi connectivity index (χ1n) is 30.3. The van der Waals surface area contributed by atoms with Gasteiger partial charge >= 0.3 is 6.18 Å². The van der Waals surface area contributed by atoms with Crippen LogP contribution in [0.2, 0.25) is 0 Å². The van der Waals surface area contributed by atoms with Gasteiger partial charge in [0.05, 0.1) is 44.4 Å². The summed E-state index contributed by atoms with van der Waals surface area (Å²) in [7, 11) is 0. The van der Waals surface area contributed by atoms with Gasteiger partial charge in [-0.15, -0.1) is 0 Å². The first-order valence-corrected chi connectivity index (χ1v) is 30.3. The van der Waals surface area contributed by atoms with E-state index < -0.39 is 11.7 Å². The number of alkyl halides is 3. The molecule has 0 radical (unpaired) electrons. The first kappa shape index (κ1) is 57.3. The zero-order valence-electron chi connectivity index (χ0n) is 52.9. The van der Waals surface area contributed by atoms with E-state index >= 15 is 13.2 Å². The lowest BCUT2D eigenvalue weighted by Gasteiger charge is -2.19. The van der Waals surface area contributed by atoms with Gasteiger partial charge in [0.25, 0.3) is 0 Å². The molecule has 0 saturated heterocycles. The molecule has 438 valence electrons. The lowest BCUT2D eigenvalue weighted by atomic mass is 9.85. The maximum absolute atomic E-state index is 16.6. The van der Waals surface area contributed by atoms with Gasteiger partial charge in [0.2, 0.25) is 11.9 Å². The minimum atomic E-state index is -4.81. The Balaban J connectivity index is 1.09. The van der Waals surface area contributed by atoms with E-state index in [1.807, 2.05) is 24.3 Å². The number of hydrogen-bond donors (Lipinski definition) is 0. The smallest absolute Gasteiger partial charge is 0.309 e. The molecule has 9 heteroatoms. The SMILES string of the molecule is Cc1cc(C)cc(-c2ccc3c(c2)c2cc(-c4cc(C)cc(C)c4)ccc2n3-c2ccc(-c3nc(-n4c5ccc(C(C)(C)C)cc5c5cc(C(C)(C)C)ccc54)nc(-n4c5ccc(C(C)(C)C)cc5c5cc(C(C)(C)C)ccc54)n3)cc2C(F)(F)F)c1. The summed E-state index contributed by atoms with van der Waals surface area (Å²) in [6.07, 6.45) is -4.81. The average Bonchev–Trinajstić information content (AvgIpc) is 1.65. The Bertz CT molecular complexity index is 4530. The summed E-state index contributed by atoms with van der Waals surface area (Å²) in [6.45, 7) is 34.9. The van der Waals surface area contributed by atoms with Crippen LogP contribution >= 0.6 is 0 Å². The Hall–Kier alpha value is -8.82. The molecule has 0 bridgehead atoms. The lowest BCUT2D eigenvalue weighted by Crippen LogP contribution is -2.13. The van der Waals surface area contributed by atoms with Crippen molar-refractivity contribution in [3.8, 4) is 51.2 Å². The van der Waals surface area contributed by atoms with E-state index in [1.54, 1.807) is 16.7 Å². The average molecular weight is 1150 g/mol. The molecule has 0 aliphatic heterocycles. The minimum absolute atomic E-state index is 0.00235. The molecule has 13 aromatic rings. The largest absolute Gasteiger partial charge is 0.418 e. The van der Waals surface area contributed by atoms with E-state index in [0.717, 1.165) is 98.9 Å². The molecule has 87 heavy (non-hydrogen) atoms. The predicted molar refractivity (Wildman–Crippen MR) is 358 cm³/mol. The van der Waals surface area contributed by atoms with Crippen LogP contribution < -0.4 is 0 Å². The minimum Gasteiger partial charge on any atom is -0.309 e. The summed E-state index contributed by atoms with van der Waals surface area (Å²) in [5, 5.41) is 5.83. The van der Waals surface area contributed by atoms with Gasteiger partial charge in [0.15, 0.2) is 5.82 Å². The molecule has 4 heterocycles. The van der Waals surface area contributed by atoms with Crippen molar-refractivity contribution in [1.82, 2.24) is 28.7 Å². The van der Waals surface area contributed by atoms with E-state index in [2.05, 4.69) is 241 Å². The van der Waals surface area contributed by atoms with Gasteiger partial charge in [-0.3, -0.25) is 9.13 Å². The van der Waals surface area contributed by atoms with Gasteiger partial charge in [0, 0.05) is 37.9 Å². The number of benzene rings is 9. The number of fused-ring (bicyclic) bond motifs is 9. The summed E-state index contributed by atoms with van der Waals surface area (Å²) in [5.41, 5.74) is 16.9. The normalized spacial score (nSPS) is 13.0. The fourth-order valence-corrected chi connectivity index (χ4v) is 13.0. The van der Waals surface area contributed by atoms with Gasteiger partial charge in [-0.05, 0) is 185 Å². The Kier molecular flexibility index (Phi) is 13.1. The lowest BCUT2D eigenvalue weighted by molar-refractivity contribution is -0.137. The highest BCUT2D eigenvalue weighted by Gasteiger charge is 2.36. The van der Waals surface area contributed by atoms with Gasteiger partial charge in [-0.25, -0.2) is 0 Å². The van der Waals surface area contributed by atoms with Crippen molar-refractivity contribution < 1.29 is 13.2 Å². The van der Waals surface area contributed by atoms with Crippen molar-refractivity contribution in [2.24, 2.45) is 0 Å². The number of rotatable bonds is 6. The van der Waals surface area contributed by atoms with E-state index in [4.69, 9.17) is 15.0 Å². The number of halogens is 3. The Morgan fingerprint density at radius 3 is 0.908 bits per heavy atom. The highest BCUT2D eigenvalue weighted by Crippen LogP contribution is 2.45. The third kappa shape index (κ3) is 10.1. The summed E-state index contributed by atoms with van der Waals surface area (Å²) in [5.74, 6) is 0.675. The maximum atomic E-state index is 16.6. The molecular formula is C78H75F3N6. The summed E-state index contributed by atoms with van der Waals surface area (Å²) < 4.78 is 55.6. The van der Waals surface area contributed by atoms with Crippen molar-refractivity contribution in [3.63, 3.8) is 0 Å². The summed E-state index contributed by atoms with van der Waals surface area (Å²) in [6, 6.07) is 56.0. The number of aromatic nitrogens is 6. The van der Waals surface area contributed by atoms with Crippen molar-refractivity contribution in [3.05, 3.63) is 214 Å². The van der Waals surface area contributed by atoms with Crippen molar-refractivity contribution >= 4 is 65.4 Å². The van der Waals surface area contributed by atoms with E-state index in [-0.39, 0.29) is 50.6 Å². The second-order valence-electron chi connectivity index (χ2n) is 28.6. The molecule has 0 N–H and O–H groups in total. The fourth-order valence-electron chi connectivity index (χ4n) is 13.0. The van der Waals surface area contributed by atoms with Crippen LogP contribution in [0.4, 0.5) is 13.2 Å². The Labute approximate surface area is 508 Å². The molecule has 0 saturated carbocycles. The molecule has 6 nitrogen and oxygen atoms in total. The number of aryl methyl sites for hydroxylation is 4. The maximum Gasteiger partial charge on any atom is 0.418 e. The molecule has 0 aliphatic rings. The predicted octanol–water partition coefficient (Wildman–Crippen LogP) is 21.6. The van der Waals surface area contributed by atoms with Crippen molar-refractivity contribution in [2.45, 2.75) is 139 Å². The van der Waals surface area contributed by atoms with Gasteiger partial charge in [-0.2, -0.15) is 28.1 Å². The summed E-state index contributed by atoms with van der Waals surface area (Å²) >= 11 is 0. The number of nitrogens with zero attached hydrogens (tertiary/aromatic N) is 6. The van der Waals surface area contributed by atoms with Crippen LogP contribution in [-0.2, 0) is 27.8 Å². The monoisotopic (exact) mass is 1150 g/mol. The van der Waals surface area contributed by atoms with E-state index in [9.17, 15) is 0 Å². The van der Waals surface area contributed by atoms with Crippen LogP contribution in [0.5, 0.6) is 0 Å². The van der Waals surface area contributed by atoms with Crippen LogP contribution in [0.15, 0.2) is 164 Å². The second kappa shape index (κ2) is 19.9. The van der Waals surface area contributed by atoms with Crippen LogP contribution in [0.1, 0.15) is 133 Å². The van der Waals surface area contributed by atoms with Crippen LogP contribution in [-0.4, -0.2) is 28.7 Å². The molecule has 0 spiro atoms. The fraction of sp³-hybridized carbons (Fsp3) is 0.269. The standard InChI is InChI=1S/C78H75F3N6/c1-44-31-45(2)34-51(33-44)48-17-24-64-57(37-48)58-38-49(52-35-46(3)32-47(4)36-52)18-25-65(58)85(64)70-26-19-50(39-63(70)78(79,80)81)71-82-72(86-66-27-20-53(74(5,6)7)40-59(66)60-41-54(75(8,9)10)21-28-67(60)86)84-73(83-71)87-68-29-22-55(76(11,12)13)42-61(68)62-43-56(77(14,15)16)23-30-69(62)87/h17-43H,1-16H3. The van der Waals surface area contributed by atoms with Gasteiger partial charge < -0.3 is 4.57 Å². The van der Waals surface area contributed by atoms with Crippen molar-refractivity contribution in [2.75, 3.05) is 0 Å². The Morgan fingerprint density at radius 2 is 0.586 bits per heavy atom. The number of hydrogen-bond acceptors (Lipinski definition) is 3. The van der Waals surface area contributed by atoms with Crippen LogP contribution in [0, 0.1) is 27.7 Å². The molecular weight excluding hydrogens is 1080 g/mol. The zero-order chi connectivity index (χ0) is 61.8.